The average molecular weight is 389 g/mol. The molecule has 28 heavy (non-hydrogen) atoms. The summed E-state index contributed by atoms with van der Waals surface area (Å²) in [5.41, 5.74) is 1.03. The lowest BCUT2D eigenvalue weighted by molar-refractivity contribution is -0.231. The van der Waals surface area contributed by atoms with Gasteiger partial charge in [-0.2, -0.15) is 0 Å². The summed E-state index contributed by atoms with van der Waals surface area (Å²) in [6.45, 7) is -0.491. The summed E-state index contributed by atoms with van der Waals surface area (Å²) in [6, 6.07) is 13.3. The van der Waals surface area contributed by atoms with Crippen LogP contribution in [0.3, 0.4) is 0 Å². The summed E-state index contributed by atoms with van der Waals surface area (Å²) >= 11 is 0. The van der Waals surface area contributed by atoms with Gasteiger partial charge in [-0.15, -0.1) is 0 Å². The number of hydrogen-bond acceptors (Lipinski definition) is 7. The van der Waals surface area contributed by atoms with E-state index in [-0.39, 0.29) is 5.91 Å². The Morgan fingerprint density at radius 1 is 1.04 bits per heavy atom. The van der Waals surface area contributed by atoms with Crippen LogP contribution in [0.2, 0.25) is 0 Å². The van der Waals surface area contributed by atoms with Gasteiger partial charge < -0.3 is 35.2 Å². The molecule has 5 atom stereocenters. The summed E-state index contributed by atoms with van der Waals surface area (Å²) in [7, 11) is 1.55. The molecule has 5 N–H and O–H groups in total. The zero-order chi connectivity index (χ0) is 20.3. The van der Waals surface area contributed by atoms with Crippen LogP contribution in [0, 0.1) is 0 Å². The fourth-order valence-corrected chi connectivity index (χ4v) is 3.09. The summed E-state index contributed by atoms with van der Waals surface area (Å²) in [5, 5.41) is 42.0. The number of benzene rings is 2. The summed E-state index contributed by atoms with van der Waals surface area (Å²) < 4.78 is 11.4. The standard InChI is InChI=1S/C20H23NO7/c1-21-20(26)11-5-7-13(8-6-11)27-14-4-2-3-12(9-14)19-18(25)17(24)16(23)15(10-22)28-19/h2-9,15-19,22-25H,10H2,1H3,(H,21,26)/t15-,16-,17+,18+,19-/m1/s1. The Kier molecular flexibility index (Phi) is 6.28. The molecule has 2 aromatic carbocycles. The van der Waals surface area contributed by atoms with Gasteiger partial charge in [0.05, 0.1) is 6.61 Å². The highest BCUT2D eigenvalue weighted by atomic mass is 16.5. The highest BCUT2D eigenvalue weighted by Crippen LogP contribution is 2.34. The average Bonchev–Trinajstić information content (AvgIpc) is 2.72. The molecule has 1 amide bonds. The third kappa shape index (κ3) is 4.16. The highest BCUT2D eigenvalue weighted by molar-refractivity contribution is 5.94. The molecule has 0 bridgehead atoms. The highest BCUT2D eigenvalue weighted by Gasteiger charge is 2.43. The Morgan fingerprint density at radius 3 is 2.39 bits per heavy atom. The van der Waals surface area contributed by atoms with E-state index < -0.39 is 37.1 Å². The van der Waals surface area contributed by atoms with Gasteiger partial charge in [0.25, 0.3) is 5.91 Å². The molecule has 2 aromatic rings. The van der Waals surface area contributed by atoms with E-state index in [4.69, 9.17) is 9.47 Å². The lowest BCUT2D eigenvalue weighted by Gasteiger charge is -2.40. The fraction of sp³-hybridized carbons (Fsp3) is 0.350. The van der Waals surface area contributed by atoms with Gasteiger partial charge in [0.2, 0.25) is 0 Å². The van der Waals surface area contributed by atoms with Crippen molar-refractivity contribution >= 4 is 5.91 Å². The fourth-order valence-electron chi connectivity index (χ4n) is 3.09. The van der Waals surface area contributed by atoms with Crippen LogP contribution in [0.25, 0.3) is 0 Å². The number of ether oxygens (including phenoxy) is 2. The maximum atomic E-state index is 11.6. The first kappa shape index (κ1) is 20.2. The molecule has 150 valence electrons. The van der Waals surface area contributed by atoms with Crippen molar-refractivity contribution in [1.82, 2.24) is 5.32 Å². The van der Waals surface area contributed by atoms with E-state index in [0.29, 0.717) is 22.6 Å². The van der Waals surface area contributed by atoms with Crippen molar-refractivity contribution in [2.45, 2.75) is 30.5 Å². The minimum absolute atomic E-state index is 0.198. The van der Waals surface area contributed by atoms with Crippen LogP contribution in [-0.4, -0.2) is 64.4 Å². The van der Waals surface area contributed by atoms with Crippen molar-refractivity contribution in [3.63, 3.8) is 0 Å². The molecule has 1 aliphatic rings. The molecular formula is C20H23NO7. The molecule has 1 aliphatic heterocycles. The summed E-state index contributed by atoms with van der Waals surface area (Å²) in [4.78, 5) is 11.6. The molecule has 0 aliphatic carbocycles. The monoisotopic (exact) mass is 389 g/mol. The van der Waals surface area contributed by atoms with E-state index >= 15 is 0 Å². The molecule has 0 spiro atoms. The lowest BCUT2D eigenvalue weighted by atomic mass is 9.91. The number of amides is 1. The maximum absolute atomic E-state index is 11.6. The first-order valence-corrected chi connectivity index (χ1v) is 8.85. The number of aliphatic hydroxyl groups excluding tert-OH is 4. The molecule has 8 nitrogen and oxygen atoms in total. The Hall–Kier alpha value is -2.49. The van der Waals surface area contributed by atoms with Gasteiger partial charge in [0.1, 0.15) is 42.0 Å². The molecule has 8 heteroatoms. The van der Waals surface area contributed by atoms with Gasteiger partial charge in [-0.1, -0.05) is 12.1 Å². The zero-order valence-corrected chi connectivity index (χ0v) is 15.2. The Morgan fingerprint density at radius 2 is 1.75 bits per heavy atom. The first-order chi connectivity index (χ1) is 13.4. The van der Waals surface area contributed by atoms with E-state index in [0.717, 1.165) is 0 Å². The second-order valence-corrected chi connectivity index (χ2v) is 6.53. The van der Waals surface area contributed by atoms with E-state index in [1.54, 1.807) is 55.6 Å². The molecule has 1 fully saturated rings. The van der Waals surface area contributed by atoms with E-state index in [9.17, 15) is 25.2 Å². The molecular weight excluding hydrogens is 366 g/mol. The van der Waals surface area contributed by atoms with Gasteiger partial charge in [-0.25, -0.2) is 0 Å². The number of carbonyl (C=O) groups excluding carboxylic acids is 1. The van der Waals surface area contributed by atoms with Gasteiger partial charge in [0, 0.05) is 12.6 Å². The Labute approximate surface area is 162 Å². The predicted molar refractivity (Wildman–Crippen MR) is 99.1 cm³/mol. The zero-order valence-electron chi connectivity index (χ0n) is 15.2. The second kappa shape index (κ2) is 8.68. The van der Waals surface area contributed by atoms with Crippen LogP contribution >= 0.6 is 0 Å². The van der Waals surface area contributed by atoms with Crippen LogP contribution in [0.1, 0.15) is 22.0 Å². The number of nitrogens with one attached hydrogen (secondary N) is 1. The number of rotatable bonds is 5. The predicted octanol–water partition coefficient (Wildman–Crippen LogP) is 0.353. The Balaban J connectivity index is 1.77. The van der Waals surface area contributed by atoms with Crippen molar-refractivity contribution in [3.8, 4) is 11.5 Å². The summed E-state index contributed by atoms with van der Waals surface area (Å²) in [6.07, 6.45) is -6.13. The Bertz CT molecular complexity index is 808. The van der Waals surface area contributed by atoms with Crippen molar-refractivity contribution in [2.24, 2.45) is 0 Å². The quantitative estimate of drug-likeness (QED) is 0.499. The minimum Gasteiger partial charge on any atom is -0.457 e. The maximum Gasteiger partial charge on any atom is 0.251 e. The SMILES string of the molecule is CNC(=O)c1ccc(Oc2cccc([C@H]3O[C@H](CO)[C@@H](O)[C@H](O)[C@@H]3O)c2)cc1. The number of aliphatic hydroxyl groups is 4. The lowest BCUT2D eigenvalue weighted by Crippen LogP contribution is -2.55. The topological polar surface area (TPSA) is 128 Å². The van der Waals surface area contributed by atoms with Crippen molar-refractivity contribution < 1.29 is 34.7 Å². The van der Waals surface area contributed by atoms with Gasteiger partial charge in [-0.05, 0) is 42.0 Å². The first-order valence-electron chi connectivity index (χ1n) is 8.85. The normalized spacial score (nSPS) is 27.2. The molecule has 0 aromatic heterocycles. The molecule has 1 heterocycles. The van der Waals surface area contributed by atoms with E-state index in [2.05, 4.69) is 5.32 Å². The second-order valence-electron chi connectivity index (χ2n) is 6.53. The third-order valence-corrected chi connectivity index (χ3v) is 4.66. The van der Waals surface area contributed by atoms with Gasteiger partial charge >= 0.3 is 0 Å². The minimum atomic E-state index is -1.45. The molecule has 0 unspecified atom stereocenters. The molecule has 3 rings (SSSR count). The van der Waals surface area contributed by atoms with Crippen molar-refractivity contribution in [3.05, 3.63) is 59.7 Å². The third-order valence-electron chi connectivity index (χ3n) is 4.66. The van der Waals surface area contributed by atoms with Gasteiger partial charge in [0.15, 0.2) is 0 Å². The van der Waals surface area contributed by atoms with Crippen LogP contribution in [0.15, 0.2) is 48.5 Å². The molecule has 1 saturated heterocycles. The molecule has 0 radical (unpaired) electrons. The largest absolute Gasteiger partial charge is 0.457 e. The van der Waals surface area contributed by atoms with E-state index in [1.165, 1.54) is 0 Å². The molecule has 0 saturated carbocycles. The van der Waals surface area contributed by atoms with Crippen LogP contribution in [0.5, 0.6) is 11.5 Å². The smallest absolute Gasteiger partial charge is 0.251 e. The van der Waals surface area contributed by atoms with Crippen LogP contribution < -0.4 is 10.1 Å². The summed E-state index contributed by atoms with van der Waals surface area (Å²) in [5.74, 6) is 0.775. The number of hydrogen-bond donors (Lipinski definition) is 5. The number of carbonyl (C=O) groups is 1. The van der Waals surface area contributed by atoms with E-state index in [1.807, 2.05) is 0 Å². The van der Waals surface area contributed by atoms with Crippen molar-refractivity contribution in [2.75, 3.05) is 13.7 Å². The van der Waals surface area contributed by atoms with Crippen molar-refractivity contribution in [1.29, 1.82) is 0 Å². The van der Waals surface area contributed by atoms with Gasteiger partial charge in [-0.3, -0.25) is 4.79 Å². The van der Waals surface area contributed by atoms with Crippen LogP contribution in [-0.2, 0) is 4.74 Å². The van der Waals surface area contributed by atoms with Crippen LogP contribution in [0.4, 0.5) is 0 Å².